The first-order chi connectivity index (χ1) is 7.72. The van der Waals surface area contributed by atoms with E-state index >= 15 is 0 Å². The highest BCUT2D eigenvalue weighted by Gasteiger charge is 2.07. The third-order valence-electron chi connectivity index (χ3n) is 2.49. The standard InChI is InChI=1S/C11H14IN3O/c1-14(5-6-16)8-9-3-2-4-15-10(12)7-13-11(9)15/h2-4,7,16H,5-6,8H2,1H3. The van der Waals surface area contributed by atoms with E-state index in [1.165, 1.54) is 5.56 Å². The van der Waals surface area contributed by atoms with Crippen molar-refractivity contribution in [1.82, 2.24) is 14.3 Å². The number of hydrogen-bond acceptors (Lipinski definition) is 3. The van der Waals surface area contributed by atoms with Gasteiger partial charge < -0.3 is 5.11 Å². The van der Waals surface area contributed by atoms with Crippen LogP contribution in [0.4, 0.5) is 0 Å². The maximum Gasteiger partial charge on any atom is 0.142 e. The van der Waals surface area contributed by atoms with E-state index in [9.17, 15) is 0 Å². The van der Waals surface area contributed by atoms with E-state index in [4.69, 9.17) is 5.11 Å². The Morgan fingerprint density at radius 3 is 3.12 bits per heavy atom. The molecule has 0 unspecified atom stereocenters. The van der Waals surface area contributed by atoms with Crippen LogP contribution in [-0.4, -0.2) is 39.6 Å². The zero-order valence-electron chi connectivity index (χ0n) is 9.10. The number of imidazole rings is 1. The van der Waals surface area contributed by atoms with Gasteiger partial charge in [-0.2, -0.15) is 0 Å². The highest BCUT2D eigenvalue weighted by Crippen LogP contribution is 2.14. The number of halogens is 1. The Morgan fingerprint density at radius 2 is 2.38 bits per heavy atom. The van der Waals surface area contributed by atoms with Gasteiger partial charge in [0.05, 0.1) is 12.8 Å². The lowest BCUT2D eigenvalue weighted by Crippen LogP contribution is -2.21. The number of rotatable bonds is 4. The van der Waals surface area contributed by atoms with Gasteiger partial charge in [0, 0.05) is 24.8 Å². The highest BCUT2D eigenvalue weighted by molar-refractivity contribution is 14.1. The monoisotopic (exact) mass is 331 g/mol. The molecule has 0 saturated heterocycles. The van der Waals surface area contributed by atoms with Gasteiger partial charge in [-0.3, -0.25) is 9.30 Å². The van der Waals surface area contributed by atoms with Crippen molar-refractivity contribution in [2.75, 3.05) is 20.2 Å². The van der Waals surface area contributed by atoms with E-state index in [1.807, 2.05) is 25.5 Å². The number of likely N-dealkylation sites (N-methyl/N-ethyl adjacent to an activating group) is 1. The molecule has 0 radical (unpaired) electrons. The molecule has 0 spiro atoms. The summed E-state index contributed by atoms with van der Waals surface area (Å²) in [4.78, 5) is 6.48. The minimum atomic E-state index is 0.186. The number of hydrogen-bond donors (Lipinski definition) is 1. The predicted octanol–water partition coefficient (Wildman–Crippen LogP) is 1.36. The van der Waals surface area contributed by atoms with E-state index < -0.39 is 0 Å². The van der Waals surface area contributed by atoms with Gasteiger partial charge in [-0.05, 0) is 35.7 Å². The molecule has 5 heteroatoms. The van der Waals surface area contributed by atoms with Crippen LogP contribution in [0, 0.1) is 3.70 Å². The average molecular weight is 331 g/mol. The van der Waals surface area contributed by atoms with Gasteiger partial charge in [0.15, 0.2) is 0 Å². The van der Waals surface area contributed by atoms with Gasteiger partial charge in [-0.15, -0.1) is 0 Å². The number of aliphatic hydroxyl groups is 1. The SMILES string of the molecule is CN(CCO)Cc1cccn2c(I)cnc12. The lowest BCUT2D eigenvalue weighted by Gasteiger charge is -2.15. The third-order valence-corrected chi connectivity index (χ3v) is 3.29. The molecule has 0 aliphatic carbocycles. The fourth-order valence-corrected chi connectivity index (χ4v) is 2.23. The summed E-state index contributed by atoms with van der Waals surface area (Å²) in [6.45, 7) is 1.67. The van der Waals surface area contributed by atoms with Crippen molar-refractivity contribution in [3.05, 3.63) is 33.8 Å². The van der Waals surface area contributed by atoms with Crippen LogP contribution in [0.25, 0.3) is 5.65 Å². The summed E-state index contributed by atoms with van der Waals surface area (Å²) in [7, 11) is 1.99. The highest BCUT2D eigenvalue weighted by atomic mass is 127. The Kier molecular flexibility index (Phi) is 3.78. The van der Waals surface area contributed by atoms with Crippen molar-refractivity contribution in [3.63, 3.8) is 0 Å². The van der Waals surface area contributed by atoms with Crippen LogP contribution in [0.3, 0.4) is 0 Å². The molecular formula is C11H14IN3O. The first-order valence-corrected chi connectivity index (χ1v) is 6.20. The maximum absolute atomic E-state index is 8.87. The van der Waals surface area contributed by atoms with Gasteiger partial charge in [0.25, 0.3) is 0 Å². The molecule has 0 fully saturated rings. The molecule has 0 bridgehead atoms. The largest absolute Gasteiger partial charge is 0.395 e. The minimum absolute atomic E-state index is 0.186. The van der Waals surface area contributed by atoms with Crippen LogP contribution >= 0.6 is 22.6 Å². The molecule has 2 rings (SSSR count). The van der Waals surface area contributed by atoms with Crippen LogP contribution < -0.4 is 0 Å². The first-order valence-electron chi connectivity index (χ1n) is 5.12. The molecule has 4 nitrogen and oxygen atoms in total. The molecule has 0 amide bonds. The second-order valence-corrected chi connectivity index (χ2v) is 4.87. The zero-order valence-corrected chi connectivity index (χ0v) is 11.3. The average Bonchev–Trinajstić information content (AvgIpc) is 2.62. The van der Waals surface area contributed by atoms with Crippen LogP contribution in [0.15, 0.2) is 24.5 Å². The molecule has 0 saturated carbocycles. The van der Waals surface area contributed by atoms with Gasteiger partial charge in [0.1, 0.15) is 9.35 Å². The second kappa shape index (κ2) is 5.11. The van der Waals surface area contributed by atoms with E-state index in [2.05, 4.69) is 42.9 Å². The molecule has 1 N–H and O–H groups in total. The van der Waals surface area contributed by atoms with Gasteiger partial charge in [0.2, 0.25) is 0 Å². The van der Waals surface area contributed by atoms with Crippen LogP contribution in [-0.2, 0) is 6.54 Å². The van der Waals surface area contributed by atoms with Crippen LogP contribution in [0.1, 0.15) is 5.56 Å². The lowest BCUT2D eigenvalue weighted by molar-refractivity contribution is 0.217. The molecule has 0 atom stereocenters. The second-order valence-electron chi connectivity index (χ2n) is 3.77. The van der Waals surface area contributed by atoms with Crippen molar-refractivity contribution < 1.29 is 5.11 Å². The summed E-state index contributed by atoms with van der Waals surface area (Å²) in [6, 6.07) is 4.10. The Hall–Kier alpha value is -0.660. The number of pyridine rings is 1. The molecular weight excluding hydrogens is 317 g/mol. The van der Waals surface area contributed by atoms with E-state index in [0.29, 0.717) is 6.54 Å². The van der Waals surface area contributed by atoms with E-state index in [0.717, 1.165) is 15.9 Å². The topological polar surface area (TPSA) is 40.8 Å². The quantitative estimate of drug-likeness (QED) is 0.861. The Labute approximate surface area is 108 Å². The van der Waals surface area contributed by atoms with E-state index in [1.54, 1.807) is 0 Å². The number of aliphatic hydroxyl groups excluding tert-OH is 1. The summed E-state index contributed by atoms with van der Waals surface area (Å²) in [5, 5.41) is 8.87. The molecule has 0 aliphatic rings. The third kappa shape index (κ3) is 2.36. The van der Waals surface area contributed by atoms with Crippen molar-refractivity contribution in [2.45, 2.75) is 6.54 Å². The number of nitrogens with zero attached hydrogens (tertiary/aromatic N) is 3. The summed E-state index contributed by atoms with van der Waals surface area (Å²) >= 11 is 2.27. The minimum Gasteiger partial charge on any atom is -0.395 e. The predicted molar refractivity (Wildman–Crippen MR) is 71.3 cm³/mol. The lowest BCUT2D eigenvalue weighted by atomic mass is 10.2. The fourth-order valence-electron chi connectivity index (χ4n) is 1.70. The van der Waals surface area contributed by atoms with Gasteiger partial charge in [-0.25, -0.2) is 4.98 Å². The van der Waals surface area contributed by atoms with Gasteiger partial charge >= 0.3 is 0 Å². The summed E-state index contributed by atoms with van der Waals surface area (Å²) < 4.78 is 3.18. The molecule has 16 heavy (non-hydrogen) atoms. The molecule has 86 valence electrons. The smallest absolute Gasteiger partial charge is 0.142 e. The molecule has 0 aromatic carbocycles. The first kappa shape index (κ1) is 11.8. The van der Waals surface area contributed by atoms with Crippen molar-refractivity contribution >= 4 is 28.2 Å². The van der Waals surface area contributed by atoms with E-state index in [-0.39, 0.29) is 6.61 Å². The Balaban J connectivity index is 2.30. The fraction of sp³-hybridized carbons (Fsp3) is 0.364. The van der Waals surface area contributed by atoms with Gasteiger partial charge in [-0.1, -0.05) is 6.07 Å². The maximum atomic E-state index is 8.87. The number of fused-ring (bicyclic) bond motifs is 1. The Morgan fingerprint density at radius 1 is 1.56 bits per heavy atom. The van der Waals surface area contributed by atoms with Crippen molar-refractivity contribution in [3.8, 4) is 0 Å². The van der Waals surface area contributed by atoms with Crippen molar-refractivity contribution in [1.29, 1.82) is 0 Å². The summed E-state index contributed by atoms with van der Waals surface area (Å²) in [5.41, 5.74) is 2.18. The van der Waals surface area contributed by atoms with Crippen LogP contribution in [0.5, 0.6) is 0 Å². The zero-order chi connectivity index (χ0) is 11.5. The normalized spacial score (nSPS) is 11.5. The molecule has 2 aromatic rings. The summed E-state index contributed by atoms with van der Waals surface area (Å²) in [5.74, 6) is 0. The summed E-state index contributed by atoms with van der Waals surface area (Å²) in [6.07, 6.45) is 3.88. The molecule has 2 aromatic heterocycles. The number of aromatic nitrogens is 2. The molecule has 0 aliphatic heterocycles. The van der Waals surface area contributed by atoms with Crippen LogP contribution in [0.2, 0.25) is 0 Å². The van der Waals surface area contributed by atoms with Crippen molar-refractivity contribution in [2.24, 2.45) is 0 Å². The molecule has 2 heterocycles. The Bertz CT molecular complexity index is 483.